The van der Waals surface area contributed by atoms with Gasteiger partial charge in [0.15, 0.2) is 0 Å². The maximum atomic E-state index is 12.7. The number of halogens is 1. The first-order valence-corrected chi connectivity index (χ1v) is 8.33. The molecule has 5 heteroatoms. The molecular formula is C15H18ClNO2S. The van der Waals surface area contributed by atoms with Crippen LogP contribution in [0.25, 0.3) is 0 Å². The monoisotopic (exact) mass is 311 g/mol. The normalized spacial score (nSPS) is 29.3. The minimum atomic E-state index is -0.0434. The van der Waals surface area contributed by atoms with Crippen molar-refractivity contribution in [2.45, 2.75) is 35.7 Å². The Balaban J connectivity index is 1.68. The summed E-state index contributed by atoms with van der Waals surface area (Å²) in [4.78, 5) is 15.8. The van der Waals surface area contributed by atoms with E-state index < -0.39 is 0 Å². The van der Waals surface area contributed by atoms with Gasteiger partial charge in [0.1, 0.15) is 0 Å². The standard InChI is InChI=1S/C15H18ClNO2S/c1-10-8-17(9-12(7-16)19-10)15(18)14-6-11-4-2-3-5-13(11)20-14/h2-5,10,12,14H,6-9H2,1H3. The summed E-state index contributed by atoms with van der Waals surface area (Å²) >= 11 is 7.56. The van der Waals surface area contributed by atoms with Crippen LogP contribution in [-0.2, 0) is 16.0 Å². The molecule has 0 bridgehead atoms. The third-order valence-electron chi connectivity index (χ3n) is 3.73. The number of hydrogen-bond donors (Lipinski definition) is 0. The molecule has 3 rings (SSSR count). The number of ether oxygens (including phenoxy) is 1. The van der Waals surface area contributed by atoms with Gasteiger partial charge >= 0.3 is 0 Å². The van der Waals surface area contributed by atoms with E-state index in [2.05, 4.69) is 12.1 Å². The predicted molar refractivity (Wildman–Crippen MR) is 81.4 cm³/mol. The van der Waals surface area contributed by atoms with Gasteiger partial charge in [0.05, 0.1) is 23.3 Å². The molecule has 2 aliphatic rings. The summed E-state index contributed by atoms with van der Waals surface area (Å²) in [6.07, 6.45) is 0.847. The number of benzene rings is 1. The first-order chi connectivity index (χ1) is 9.67. The largest absolute Gasteiger partial charge is 0.370 e. The number of fused-ring (bicyclic) bond motifs is 1. The van der Waals surface area contributed by atoms with E-state index >= 15 is 0 Å². The van der Waals surface area contributed by atoms with Crippen molar-refractivity contribution in [1.82, 2.24) is 4.90 Å². The van der Waals surface area contributed by atoms with E-state index in [1.54, 1.807) is 11.8 Å². The van der Waals surface area contributed by atoms with Crippen LogP contribution in [0.5, 0.6) is 0 Å². The second-order valence-corrected chi connectivity index (χ2v) is 6.94. The lowest BCUT2D eigenvalue weighted by Crippen LogP contribution is -2.52. The van der Waals surface area contributed by atoms with Gasteiger partial charge < -0.3 is 9.64 Å². The summed E-state index contributed by atoms with van der Waals surface area (Å²) in [7, 11) is 0. The average molecular weight is 312 g/mol. The molecule has 1 aromatic rings. The Morgan fingerprint density at radius 2 is 2.25 bits per heavy atom. The van der Waals surface area contributed by atoms with Crippen molar-refractivity contribution in [2.24, 2.45) is 0 Å². The van der Waals surface area contributed by atoms with Gasteiger partial charge in [0.25, 0.3) is 0 Å². The molecule has 2 aliphatic heterocycles. The first-order valence-electron chi connectivity index (χ1n) is 6.92. The van der Waals surface area contributed by atoms with Crippen molar-refractivity contribution in [3.63, 3.8) is 0 Å². The number of alkyl halides is 1. The summed E-state index contributed by atoms with van der Waals surface area (Å²) in [6.45, 7) is 3.27. The molecule has 1 fully saturated rings. The maximum absolute atomic E-state index is 12.7. The quantitative estimate of drug-likeness (QED) is 0.786. The molecule has 1 aromatic carbocycles. The number of amides is 1. The zero-order valence-electron chi connectivity index (χ0n) is 11.4. The SMILES string of the molecule is CC1CN(C(=O)C2Cc3ccccc3S2)CC(CCl)O1. The number of hydrogen-bond acceptors (Lipinski definition) is 3. The summed E-state index contributed by atoms with van der Waals surface area (Å²) < 4.78 is 5.71. The molecule has 0 aliphatic carbocycles. The summed E-state index contributed by atoms with van der Waals surface area (Å²) in [6, 6.07) is 8.27. The van der Waals surface area contributed by atoms with Crippen LogP contribution in [0.3, 0.4) is 0 Å². The molecule has 0 aromatic heterocycles. The van der Waals surface area contributed by atoms with Gasteiger partial charge in [-0.3, -0.25) is 4.79 Å². The van der Waals surface area contributed by atoms with E-state index in [0.29, 0.717) is 19.0 Å². The highest BCUT2D eigenvalue weighted by atomic mass is 35.5. The zero-order chi connectivity index (χ0) is 14.1. The number of thioether (sulfide) groups is 1. The minimum Gasteiger partial charge on any atom is -0.370 e. The van der Waals surface area contributed by atoms with Gasteiger partial charge in [0.2, 0.25) is 5.91 Å². The van der Waals surface area contributed by atoms with Crippen molar-refractivity contribution in [3.8, 4) is 0 Å². The molecule has 0 saturated carbocycles. The fraction of sp³-hybridized carbons (Fsp3) is 0.533. The van der Waals surface area contributed by atoms with Crippen LogP contribution in [0.15, 0.2) is 29.2 Å². The summed E-state index contributed by atoms with van der Waals surface area (Å²) in [5.41, 5.74) is 1.28. The molecule has 3 nitrogen and oxygen atoms in total. The van der Waals surface area contributed by atoms with E-state index in [4.69, 9.17) is 16.3 Å². The molecule has 1 amide bonds. The van der Waals surface area contributed by atoms with E-state index in [1.807, 2.05) is 24.0 Å². The van der Waals surface area contributed by atoms with Gasteiger partial charge in [-0.1, -0.05) is 18.2 Å². The van der Waals surface area contributed by atoms with Crippen LogP contribution in [-0.4, -0.2) is 47.2 Å². The van der Waals surface area contributed by atoms with E-state index in [0.717, 1.165) is 6.42 Å². The molecule has 0 spiro atoms. The highest BCUT2D eigenvalue weighted by Crippen LogP contribution is 2.37. The van der Waals surface area contributed by atoms with Gasteiger partial charge in [-0.05, 0) is 25.0 Å². The van der Waals surface area contributed by atoms with Crippen LogP contribution in [0, 0.1) is 0 Å². The van der Waals surface area contributed by atoms with Gasteiger partial charge in [-0.2, -0.15) is 0 Å². The fourth-order valence-corrected chi connectivity index (χ4v) is 4.28. The highest BCUT2D eigenvalue weighted by molar-refractivity contribution is 8.01. The molecule has 3 atom stereocenters. The van der Waals surface area contributed by atoms with Crippen LogP contribution < -0.4 is 0 Å². The van der Waals surface area contributed by atoms with E-state index in [-0.39, 0.29) is 23.4 Å². The van der Waals surface area contributed by atoms with Crippen molar-refractivity contribution in [2.75, 3.05) is 19.0 Å². The van der Waals surface area contributed by atoms with Crippen molar-refractivity contribution in [3.05, 3.63) is 29.8 Å². The van der Waals surface area contributed by atoms with Crippen molar-refractivity contribution in [1.29, 1.82) is 0 Å². The third kappa shape index (κ3) is 2.83. The Kier molecular flexibility index (Phi) is 4.24. The van der Waals surface area contributed by atoms with Crippen molar-refractivity contribution < 1.29 is 9.53 Å². The Morgan fingerprint density at radius 1 is 1.45 bits per heavy atom. The molecule has 2 heterocycles. The molecule has 0 N–H and O–H groups in total. The van der Waals surface area contributed by atoms with Gasteiger partial charge in [-0.25, -0.2) is 0 Å². The number of nitrogens with zero attached hydrogens (tertiary/aromatic N) is 1. The zero-order valence-corrected chi connectivity index (χ0v) is 13.0. The molecule has 3 unspecified atom stereocenters. The molecule has 108 valence electrons. The number of rotatable bonds is 2. The number of morpholine rings is 1. The van der Waals surface area contributed by atoms with Crippen LogP contribution in [0.4, 0.5) is 0 Å². The molecule has 1 saturated heterocycles. The maximum Gasteiger partial charge on any atom is 0.236 e. The predicted octanol–water partition coefficient (Wildman–Crippen LogP) is 2.56. The Bertz CT molecular complexity index is 485. The van der Waals surface area contributed by atoms with Gasteiger partial charge in [-0.15, -0.1) is 23.4 Å². The Hall–Kier alpha value is -0.710. The second kappa shape index (κ2) is 5.96. The van der Waals surface area contributed by atoms with E-state index in [1.165, 1.54) is 10.5 Å². The second-order valence-electron chi connectivity index (χ2n) is 5.38. The van der Waals surface area contributed by atoms with Gasteiger partial charge in [0, 0.05) is 18.0 Å². The highest BCUT2D eigenvalue weighted by Gasteiger charge is 2.35. The molecule has 0 radical (unpaired) electrons. The topological polar surface area (TPSA) is 29.5 Å². The Labute approximate surface area is 128 Å². The van der Waals surface area contributed by atoms with Crippen LogP contribution in [0.2, 0.25) is 0 Å². The minimum absolute atomic E-state index is 0.00803. The first kappa shape index (κ1) is 14.2. The lowest BCUT2D eigenvalue weighted by atomic mass is 10.1. The summed E-state index contributed by atoms with van der Waals surface area (Å²) in [5.74, 6) is 0.656. The van der Waals surface area contributed by atoms with Crippen LogP contribution >= 0.6 is 23.4 Å². The molecular weight excluding hydrogens is 294 g/mol. The third-order valence-corrected chi connectivity index (χ3v) is 5.38. The fourth-order valence-electron chi connectivity index (χ4n) is 2.83. The smallest absolute Gasteiger partial charge is 0.236 e. The van der Waals surface area contributed by atoms with Crippen LogP contribution in [0.1, 0.15) is 12.5 Å². The Morgan fingerprint density at radius 3 is 3.00 bits per heavy atom. The lowest BCUT2D eigenvalue weighted by Gasteiger charge is -2.37. The number of carbonyl (C=O) groups is 1. The average Bonchev–Trinajstić information content (AvgIpc) is 2.89. The molecule has 20 heavy (non-hydrogen) atoms. The number of carbonyl (C=O) groups excluding carboxylic acids is 1. The van der Waals surface area contributed by atoms with Crippen molar-refractivity contribution >= 4 is 29.3 Å². The lowest BCUT2D eigenvalue weighted by molar-refractivity contribution is -0.142. The summed E-state index contributed by atoms with van der Waals surface area (Å²) in [5, 5.41) is 0.00803. The van der Waals surface area contributed by atoms with E-state index in [9.17, 15) is 4.79 Å².